The van der Waals surface area contributed by atoms with E-state index in [-0.39, 0.29) is 32.2 Å². The first-order valence-electron chi connectivity index (χ1n) is 24.8. The summed E-state index contributed by atoms with van der Waals surface area (Å²) in [5.74, 6) is 1.41. The summed E-state index contributed by atoms with van der Waals surface area (Å²) in [6.07, 6.45) is -12.0. The van der Waals surface area contributed by atoms with Crippen molar-refractivity contribution in [3.8, 4) is 17.2 Å². The monoisotopic (exact) mass is 1070 g/mol. The van der Waals surface area contributed by atoms with E-state index >= 15 is 0 Å². The standard InChI is InChI=1S/C58H59Cl2FO14/c1-57(42-4-3-5-46(61)41(42)27-73-57)29-70-38-13-6-31(7-14-38)21-37-23-34(12-19-45(37)60)56-54(68)52(66)50(64)48(75-56)28-69-40-17-10-35-26-72-58(2,43(35)24-40)30-71-39-15-8-32(9-16-39)20-36-22-33(11-18-44(36)59)55-53(67)51(65)49(63)47(25-62)74-55/h3-19,22-24,47-56,62-68H,20-21,25-30H2,1-2H3/t47-,48-,49-,50-,51+,52+,53-,54-,55+,56+,57?,58+/m1/s1. The number of aliphatic hydroxyl groups excluding tert-OH is 7. The lowest BCUT2D eigenvalue weighted by Gasteiger charge is -2.40. The molecule has 0 saturated carbocycles. The number of ether oxygens (including phenoxy) is 7. The molecular formula is C58H59Cl2FO14. The maximum absolute atomic E-state index is 14.3. The first kappa shape index (κ1) is 53.2. The fourth-order valence-corrected chi connectivity index (χ4v) is 10.7. The Kier molecular flexibility index (Phi) is 15.6. The van der Waals surface area contributed by atoms with E-state index in [1.165, 1.54) is 6.07 Å². The summed E-state index contributed by atoms with van der Waals surface area (Å²) in [4.78, 5) is 0. The third kappa shape index (κ3) is 11.0. The van der Waals surface area contributed by atoms with Crippen LogP contribution in [0.4, 0.5) is 4.39 Å². The summed E-state index contributed by atoms with van der Waals surface area (Å²) in [7, 11) is 0. The second-order valence-electron chi connectivity index (χ2n) is 20.2. The maximum atomic E-state index is 14.3. The van der Waals surface area contributed by atoms with E-state index in [0.717, 1.165) is 38.9 Å². The molecule has 14 nitrogen and oxygen atoms in total. The lowest BCUT2D eigenvalue weighted by atomic mass is 9.90. The zero-order valence-electron chi connectivity index (χ0n) is 41.1. The average Bonchev–Trinajstić information content (AvgIpc) is 3.94. The lowest BCUT2D eigenvalue weighted by Crippen LogP contribution is -2.55. The van der Waals surface area contributed by atoms with E-state index in [1.54, 1.807) is 42.5 Å². The summed E-state index contributed by atoms with van der Waals surface area (Å²) in [6.45, 7) is 4.05. The minimum Gasteiger partial charge on any atom is -0.491 e. The van der Waals surface area contributed by atoms with Crippen LogP contribution in [0.3, 0.4) is 0 Å². The van der Waals surface area contributed by atoms with E-state index in [0.29, 0.717) is 63.4 Å². The first-order valence-corrected chi connectivity index (χ1v) is 25.6. The molecule has 2 saturated heterocycles. The van der Waals surface area contributed by atoms with Crippen LogP contribution in [0.25, 0.3) is 0 Å². The molecule has 0 amide bonds. The van der Waals surface area contributed by atoms with Gasteiger partial charge in [0.2, 0.25) is 0 Å². The Morgan fingerprint density at radius 3 is 1.61 bits per heavy atom. The molecule has 4 heterocycles. The van der Waals surface area contributed by atoms with Gasteiger partial charge in [-0.15, -0.1) is 0 Å². The summed E-state index contributed by atoms with van der Waals surface area (Å²) < 4.78 is 57.2. The number of aliphatic hydroxyl groups is 7. The predicted molar refractivity (Wildman–Crippen MR) is 273 cm³/mol. The molecule has 0 spiro atoms. The fourth-order valence-electron chi connectivity index (χ4n) is 10.3. The van der Waals surface area contributed by atoms with E-state index in [1.807, 2.05) is 86.6 Å². The van der Waals surface area contributed by atoms with Gasteiger partial charge in [0.1, 0.15) is 115 Å². The number of fused-ring (bicyclic) bond motifs is 2. The average molecular weight is 1070 g/mol. The third-order valence-electron chi connectivity index (χ3n) is 14.9. The van der Waals surface area contributed by atoms with Gasteiger partial charge in [0.25, 0.3) is 0 Å². The molecule has 0 aromatic heterocycles. The van der Waals surface area contributed by atoms with Crippen molar-refractivity contribution in [2.75, 3.05) is 26.4 Å². The van der Waals surface area contributed by atoms with Crippen molar-refractivity contribution in [2.24, 2.45) is 0 Å². The fraction of sp³-hybridized carbons (Fsp3) is 0.379. The van der Waals surface area contributed by atoms with Crippen molar-refractivity contribution in [3.05, 3.63) is 193 Å². The molecule has 2 fully saturated rings. The van der Waals surface area contributed by atoms with Crippen LogP contribution in [-0.2, 0) is 56.2 Å². The van der Waals surface area contributed by atoms with Gasteiger partial charge in [-0.2, -0.15) is 0 Å². The largest absolute Gasteiger partial charge is 0.491 e. The van der Waals surface area contributed by atoms with Crippen molar-refractivity contribution in [1.29, 1.82) is 0 Å². The van der Waals surface area contributed by atoms with Gasteiger partial charge in [-0.05, 0) is 131 Å². The van der Waals surface area contributed by atoms with Crippen molar-refractivity contribution in [3.63, 3.8) is 0 Å². The van der Waals surface area contributed by atoms with Crippen molar-refractivity contribution >= 4 is 23.2 Å². The molecule has 396 valence electrons. The highest BCUT2D eigenvalue weighted by molar-refractivity contribution is 6.31. The second kappa shape index (κ2) is 22.0. The normalized spacial score (nSPS) is 29.2. The molecule has 17 heteroatoms. The third-order valence-corrected chi connectivity index (χ3v) is 15.6. The molecule has 7 N–H and O–H groups in total. The Labute approximate surface area is 443 Å². The molecule has 75 heavy (non-hydrogen) atoms. The van der Waals surface area contributed by atoms with Crippen LogP contribution in [-0.4, -0.2) is 111 Å². The highest BCUT2D eigenvalue weighted by Crippen LogP contribution is 2.42. The SMILES string of the molecule is CC1(COc2ccc(Cc3cc([C@@H]4O[C@H](COc5ccc6c(c5)[C@](C)(COc5ccc(Cc7cc([C@@H]8O[C@H](CO)[C@@H](O)[C@H](O)[C@H]8O)ccc7Cl)cc5)OC6)[C@@H](O)[C@H](O)[C@H]4O)ccc3Cl)cc2)OCc2c(F)cccc21. The van der Waals surface area contributed by atoms with E-state index in [9.17, 15) is 40.1 Å². The smallest absolute Gasteiger partial charge is 0.129 e. The zero-order valence-corrected chi connectivity index (χ0v) is 42.6. The van der Waals surface area contributed by atoms with Gasteiger partial charge in [-0.25, -0.2) is 4.39 Å². The van der Waals surface area contributed by atoms with E-state index < -0.39 is 78.8 Å². The van der Waals surface area contributed by atoms with Crippen LogP contribution >= 0.6 is 23.2 Å². The molecule has 4 aliphatic heterocycles. The molecular weight excluding hydrogens is 1010 g/mol. The van der Waals surface area contributed by atoms with Gasteiger partial charge in [0, 0.05) is 15.6 Å². The second-order valence-corrected chi connectivity index (χ2v) is 21.0. The quantitative estimate of drug-likeness (QED) is 0.0518. The summed E-state index contributed by atoms with van der Waals surface area (Å²) in [5, 5.41) is 75.3. The van der Waals surface area contributed by atoms with Crippen LogP contribution in [0, 0.1) is 5.82 Å². The Bertz CT molecular complexity index is 2980. The van der Waals surface area contributed by atoms with Crippen LogP contribution in [0.2, 0.25) is 10.0 Å². The molecule has 4 aliphatic rings. The number of hydrogen-bond acceptors (Lipinski definition) is 14. The van der Waals surface area contributed by atoms with Crippen LogP contribution in [0.5, 0.6) is 17.2 Å². The number of rotatable bonds is 16. The summed E-state index contributed by atoms with van der Waals surface area (Å²) in [5.41, 5.74) is 5.95. The molecule has 0 radical (unpaired) electrons. The van der Waals surface area contributed by atoms with Crippen LogP contribution < -0.4 is 14.2 Å². The minimum absolute atomic E-state index is 0.145. The first-order chi connectivity index (χ1) is 36.0. The highest BCUT2D eigenvalue weighted by Gasteiger charge is 2.46. The zero-order chi connectivity index (χ0) is 52.8. The Hall–Kier alpha value is -5.21. The maximum Gasteiger partial charge on any atom is 0.129 e. The Morgan fingerprint density at radius 2 is 1.05 bits per heavy atom. The molecule has 0 aliphatic carbocycles. The van der Waals surface area contributed by atoms with Crippen LogP contribution in [0.1, 0.15) is 81.7 Å². The van der Waals surface area contributed by atoms with Crippen molar-refractivity contribution < 1.29 is 73.3 Å². The lowest BCUT2D eigenvalue weighted by molar-refractivity contribution is -0.231. The van der Waals surface area contributed by atoms with Gasteiger partial charge in [0.15, 0.2) is 0 Å². The Balaban J connectivity index is 0.744. The number of halogens is 3. The molecule has 0 bridgehead atoms. The van der Waals surface area contributed by atoms with Gasteiger partial charge in [-0.1, -0.05) is 89.9 Å². The number of hydrogen-bond donors (Lipinski definition) is 7. The van der Waals surface area contributed by atoms with Gasteiger partial charge in [0.05, 0.1) is 19.8 Å². The molecule has 12 atom stereocenters. The summed E-state index contributed by atoms with van der Waals surface area (Å²) in [6, 6.07) is 36.0. The van der Waals surface area contributed by atoms with Crippen LogP contribution in [0.15, 0.2) is 121 Å². The molecule has 1 unspecified atom stereocenters. The van der Waals surface area contributed by atoms with Gasteiger partial charge < -0.3 is 68.9 Å². The van der Waals surface area contributed by atoms with Gasteiger partial charge >= 0.3 is 0 Å². The molecule has 6 aromatic rings. The highest BCUT2D eigenvalue weighted by atomic mass is 35.5. The van der Waals surface area contributed by atoms with Crippen molar-refractivity contribution in [2.45, 2.75) is 112 Å². The Morgan fingerprint density at radius 1 is 0.547 bits per heavy atom. The van der Waals surface area contributed by atoms with E-state index in [4.69, 9.17) is 56.4 Å². The predicted octanol–water partition coefficient (Wildman–Crippen LogP) is 7.08. The summed E-state index contributed by atoms with van der Waals surface area (Å²) >= 11 is 13.3. The topological polar surface area (TPSA) is 206 Å². The molecule has 6 aromatic carbocycles. The van der Waals surface area contributed by atoms with Gasteiger partial charge in [-0.3, -0.25) is 0 Å². The number of benzene rings is 6. The van der Waals surface area contributed by atoms with E-state index in [2.05, 4.69) is 0 Å². The minimum atomic E-state index is -1.54. The molecule has 10 rings (SSSR count). The van der Waals surface area contributed by atoms with Crippen molar-refractivity contribution in [1.82, 2.24) is 0 Å².